The highest BCUT2D eigenvalue weighted by molar-refractivity contribution is 5.85. The summed E-state index contributed by atoms with van der Waals surface area (Å²) in [5, 5.41) is 11.3. The van der Waals surface area contributed by atoms with Gasteiger partial charge < -0.3 is 9.84 Å². The lowest BCUT2D eigenvalue weighted by atomic mass is 9.31. The van der Waals surface area contributed by atoms with Gasteiger partial charge in [0, 0.05) is 24.7 Å². The fourth-order valence-electron chi connectivity index (χ4n) is 11.9. The number of carbonyl (C=O) groups is 2. The summed E-state index contributed by atoms with van der Waals surface area (Å²) >= 11 is 0. The van der Waals surface area contributed by atoms with Gasteiger partial charge in [-0.15, -0.1) is 0 Å². The Morgan fingerprint density at radius 3 is 2.22 bits per heavy atom. The zero-order valence-electron chi connectivity index (χ0n) is 24.5. The summed E-state index contributed by atoms with van der Waals surface area (Å²) in [6, 6.07) is 0. The van der Waals surface area contributed by atoms with Crippen molar-refractivity contribution in [3.63, 3.8) is 0 Å². The molecule has 1 N–H and O–H groups in total. The SMILES string of the molecule is CC(=O)O[C@@H]1C[C@@H]2[C@H]3[C@H](C(C)(C)O)CC[C@]3(C)CC[C@@]2(C)[C@]2(C)CC[C@H]3C(C)(C)C(=O)CC[C@]3(C)[C@@H]12. The molecule has 0 heterocycles. The molecule has 5 saturated carbocycles. The van der Waals surface area contributed by atoms with Gasteiger partial charge in [0.25, 0.3) is 0 Å². The van der Waals surface area contributed by atoms with E-state index in [9.17, 15) is 14.7 Å². The van der Waals surface area contributed by atoms with Gasteiger partial charge in [0.05, 0.1) is 5.60 Å². The van der Waals surface area contributed by atoms with Crippen molar-refractivity contribution in [1.82, 2.24) is 0 Å². The predicted octanol–water partition coefficient (Wildman–Crippen LogP) is 6.97. The van der Waals surface area contributed by atoms with E-state index in [1.807, 2.05) is 13.8 Å². The van der Waals surface area contributed by atoms with Crippen LogP contribution in [0.15, 0.2) is 0 Å². The first-order valence-electron chi connectivity index (χ1n) is 14.8. The third-order valence-electron chi connectivity index (χ3n) is 13.7. The molecular formula is C32H52O4. The third-order valence-corrected chi connectivity index (χ3v) is 13.7. The summed E-state index contributed by atoms with van der Waals surface area (Å²) in [7, 11) is 0. The maximum atomic E-state index is 13.1. The molecule has 0 aliphatic heterocycles. The van der Waals surface area contributed by atoms with Crippen molar-refractivity contribution >= 4 is 11.8 Å². The summed E-state index contributed by atoms with van der Waals surface area (Å²) in [4.78, 5) is 25.7. The first-order chi connectivity index (χ1) is 16.4. The average molecular weight is 501 g/mol. The van der Waals surface area contributed by atoms with Gasteiger partial charge >= 0.3 is 5.97 Å². The van der Waals surface area contributed by atoms with Crippen molar-refractivity contribution < 1.29 is 19.4 Å². The zero-order chi connectivity index (χ0) is 26.7. The Bertz CT molecular complexity index is 946. The number of ketones is 1. The van der Waals surface area contributed by atoms with Gasteiger partial charge in [0.15, 0.2) is 0 Å². The number of carbonyl (C=O) groups excluding carboxylic acids is 2. The molecule has 36 heavy (non-hydrogen) atoms. The Morgan fingerprint density at radius 1 is 0.944 bits per heavy atom. The highest BCUT2D eigenvalue weighted by Gasteiger charge is 2.73. The lowest BCUT2D eigenvalue weighted by Gasteiger charge is -2.73. The van der Waals surface area contributed by atoms with Gasteiger partial charge in [-0.3, -0.25) is 9.59 Å². The maximum absolute atomic E-state index is 13.1. The molecule has 10 atom stereocenters. The molecule has 0 aromatic carbocycles. The minimum atomic E-state index is -0.702. The quantitative estimate of drug-likeness (QED) is 0.416. The minimum Gasteiger partial charge on any atom is -0.462 e. The topological polar surface area (TPSA) is 63.6 Å². The number of Topliss-reactive ketones (excluding diaryl/α,β-unsaturated/α-hetero) is 1. The fraction of sp³-hybridized carbons (Fsp3) is 0.938. The molecule has 5 aliphatic rings. The van der Waals surface area contributed by atoms with Crippen LogP contribution in [0.5, 0.6) is 0 Å². The monoisotopic (exact) mass is 500 g/mol. The summed E-state index contributed by atoms with van der Waals surface area (Å²) in [5.74, 6) is 1.97. The summed E-state index contributed by atoms with van der Waals surface area (Å²) in [6.45, 7) is 20.0. The second-order valence-electron chi connectivity index (χ2n) is 16.0. The standard InChI is InChI=1S/C32H52O4/c1-19(33)36-22-18-21-25-20(28(4,5)35)10-13-29(25,6)16-17-31(21,8)32(9)15-11-23-27(2,3)24(34)12-14-30(23,7)26(22)32/h20-23,25-26,35H,10-18H2,1-9H3/t20-,21-,22-,23+,25-,26-,29-,30+,31-,32-/m1/s1. The van der Waals surface area contributed by atoms with Crippen LogP contribution in [0, 0.1) is 56.7 Å². The highest BCUT2D eigenvalue weighted by Crippen LogP contribution is 2.77. The van der Waals surface area contributed by atoms with Crippen molar-refractivity contribution in [2.45, 2.75) is 132 Å². The Kier molecular flexibility index (Phi) is 5.80. The molecule has 0 radical (unpaired) electrons. The van der Waals surface area contributed by atoms with Crippen LogP contribution in [0.2, 0.25) is 0 Å². The molecular weight excluding hydrogens is 448 g/mol. The number of aliphatic hydroxyl groups is 1. The molecule has 0 aromatic heterocycles. The van der Waals surface area contributed by atoms with Crippen LogP contribution in [0.1, 0.15) is 120 Å². The molecule has 0 aromatic rings. The largest absolute Gasteiger partial charge is 0.462 e. The number of hydrogen-bond acceptors (Lipinski definition) is 4. The number of fused-ring (bicyclic) bond motifs is 7. The van der Waals surface area contributed by atoms with Crippen molar-refractivity contribution in [3.8, 4) is 0 Å². The summed E-state index contributed by atoms with van der Waals surface area (Å²) < 4.78 is 6.35. The van der Waals surface area contributed by atoms with Gasteiger partial charge in [0.1, 0.15) is 11.9 Å². The van der Waals surface area contributed by atoms with Gasteiger partial charge in [-0.2, -0.15) is 0 Å². The van der Waals surface area contributed by atoms with Crippen LogP contribution < -0.4 is 0 Å². The first kappa shape index (κ1) is 26.7. The van der Waals surface area contributed by atoms with E-state index < -0.39 is 5.60 Å². The van der Waals surface area contributed by atoms with E-state index in [-0.39, 0.29) is 51.0 Å². The third kappa shape index (κ3) is 3.34. The Balaban J connectivity index is 1.64. The number of esters is 1. The second-order valence-corrected chi connectivity index (χ2v) is 16.0. The van der Waals surface area contributed by atoms with Crippen molar-refractivity contribution in [2.24, 2.45) is 56.7 Å². The zero-order valence-corrected chi connectivity index (χ0v) is 24.5. The van der Waals surface area contributed by atoms with Crippen LogP contribution >= 0.6 is 0 Å². The van der Waals surface area contributed by atoms with E-state index >= 15 is 0 Å². The molecule has 4 heteroatoms. The molecule has 0 saturated heterocycles. The number of hydrogen-bond donors (Lipinski definition) is 1. The fourth-order valence-corrected chi connectivity index (χ4v) is 11.9. The lowest BCUT2D eigenvalue weighted by Crippen LogP contribution is -2.70. The molecule has 0 bridgehead atoms. The molecule has 0 spiro atoms. The second kappa shape index (κ2) is 7.82. The molecule has 0 amide bonds. The van der Waals surface area contributed by atoms with E-state index in [0.717, 1.165) is 32.1 Å². The smallest absolute Gasteiger partial charge is 0.302 e. The van der Waals surface area contributed by atoms with E-state index in [4.69, 9.17) is 4.74 Å². The Labute approximate surface area is 219 Å². The van der Waals surface area contributed by atoms with Crippen LogP contribution in [0.25, 0.3) is 0 Å². The van der Waals surface area contributed by atoms with Crippen molar-refractivity contribution in [1.29, 1.82) is 0 Å². The highest BCUT2D eigenvalue weighted by atomic mass is 16.5. The molecule has 5 aliphatic carbocycles. The molecule has 0 unspecified atom stereocenters. The Hall–Kier alpha value is -0.900. The lowest BCUT2D eigenvalue weighted by molar-refractivity contribution is -0.271. The summed E-state index contributed by atoms with van der Waals surface area (Å²) in [6.07, 6.45) is 9.22. The first-order valence-corrected chi connectivity index (χ1v) is 14.8. The van der Waals surface area contributed by atoms with Crippen molar-refractivity contribution in [2.75, 3.05) is 0 Å². The normalized spacial score (nSPS) is 52.0. The molecule has 5 rings (SSSR count). The minimum absolute atomic E-state index is 0.0232. The van der Waals surface area contributed by atoms with Gasteiger partial charge in [0.2, 0.25) is 0 Å². The number of rotatable bonds is 2. The summed E-state index contributed by atoms with van der Waals surface area (Å²) in [5.41, 5.74) is -0.635. The molecule has 204 valence electrons. The van der Waals surface area contributed by atoms with Gasteiger partial charge in [-0.25, -0.2) is 0 Å². The average Bonchev–Trinajstić information content (AvgIpc) is 3.10. The Morgan fingerprint density at radius 2 is 1.61 bits per heavy atom. The van der Waals surface area contributed by atoms with Crippen LogP contribution in [0.3, 0.4) is 0 Å². The van der Waals surface area contributed by atoms with E-state index in [1.165, 1.54) is 19.3 Å². The maximum Gasteiger partial charge on any atom is 0.302 e. The van der Waals surface area contributed by atoms with Crippen molar-refractivity contribution in [3.05, 3.63) is 0 Å². The molecule has 4 nitrogen and oxygen atoms in total. The van der Waals surface area contributed by atoms with Crippen LogP contribution in [0.4, 0.5) is 0 Å². The van der Waals surface area contributed by atoms with E-state index in [0.29, 0.717) is 30.0 Å². The number of ether oxygens (including phenoxy) is 1. The predicted molar refractivity (Wildman–Crippen MR) is 142 cm³/mol. The van der Waals surface area contributed by atoms with E-state index in [1.54, 1.807) is 6.92 Å². The van der Waals surface area contributed by atoms with Gasteiger partial charge in [-0.1, -0.05) is 41.5 Å². The van der Waals surface area contributed by atoms with Gasteiger partial charge in [-0.05, 0) is 111 Å². The van der Waals surface area contributed by atoms with Crippen LogP contribution in [-0.2, 0) is 14.3 Å². The van der Waals surface area contributed by atoms with E-state index in [2.05, 4.69) is 41.5 Å². The molecule has 5 fully saturated rings. The van der Waals surface area contributed by atoms with Crippen LogP contribution in [-0.4, -0.2) is 28.6 Å².